The number of hydrogen-bond acceptors (Lipinski definition) is 1. The summed E-state index contributed by atoms with van der Waals surface area (Å²) >= 11 is 0. The highest BCUT2D eigenvalue weighted by atomic mass is 16.1. The summed E-state index contributed by atoms with van der Waals surface area (Å²) in [7, 11) is 0. The van der Waals surface area contributed by atoms with Crippen LogP contribution in [-0.4, -0.2) is 14.1 Å². The second kappa shape index (κ2) is 6.71. The number of pyridine rings is 1. The van der Waals surface area contributed by atoms with Gasteiger partial charge in [0.15, 0.2) is 5.43 Å². The smallest absolute Gasteiger partial charge is 0.190 e. The zero-order chi connectivity index (χ0) is 21.9. The van der Waals surface area contributed by atoms with Gasteiger partial charge in [0.25, 0.3) is 0 Å². The Labute approximate surface area is 188 Å². The normalized spacial score (nSPS) is 11.8. The van der Waals surface area contributed by atoms with Crippen molar-refractivity contribution < 1.29 is 0 Å². The lowest BCUT2D eigenvalue weighted by atomic mass is 10.1. The van der Waals surface area contributed by atoms with Gasteiger partial charge in [-0.15, -0.1) is 0 Å². The van der Waals surface area contributed by atoms with E-state index in [4.69, 9.17) is 0 Å². The minimum Gasteiger partial charge on any atom is -0.357 e. The molecule has 0 aliphatic carbocycles. The molecule has 0 saturated heterocycles. The largest absolute Gasteiger partial charge is 0.357 e. The molecule has 3 heterocycles. The van der Waals surface area contributed by atoms with Crippen molar-refractivity contribution in [3.05, 3.63) is 120 Å². The highest BCUT2D eigenvalue weighted by molar-refractivity contribution is 6.24. The Kier molecular flexibility index (Phi) is 3.67. The molecule has 4 nitrogen and oxygen atoms in total. The lowest BCUT2D eigenvalue weighted by Gasteiger charge is -2.09. The molecule has 0 amide bonds. The van der Waals surface area contributed by atoms with Gasteiger partial charge in [0.1, 0.15) is 0 Å². The third-order valence-electron chi connectivity index (χ3n) is 6.49. The van der Waals surface area contributed by atoms with Crippen LogP contribution in [0.2, 0.25) is 0 Å². The number of nitrogens with zero attached hydrogens (tertiary/aromatic N) is 2. The van der Waals surface area contributed by atoms with Gasteiger partial charge >= 0.3 is 0 Å². The van der Waals surface area contributed by atoms with E-state index in [1.54, 1.807) is 6.07 Å². The van der Waals surface area contributed by atoms with E-state index in [0.29, 0.717) is 0 Å². The minimum atomic E-state index is 0.0228. The van der Waals surface area contributed by atoms with Gasteiger partial charge in [-0.25, -0.2) is 0 Å². The summed E-state index contributed by atoms with van der Waals surface area (Å²) in [5, 5.41) is 3.00. The van der Waals surface area contributed by atoms with E-state index in [1.807, 2.05) is 42.6 Å². The molecule has 0 unspecified atom stereocenters. The first-order valence-corrected chi connectivity index (χ1v) is 11.0. The summed E-state index contributed by atoms with van der Waals surface area (Å²) in [4.78, 5) is 16.5. The van der Waals surface area contributed by atoms with Crippen LogP contribution >= 0.6 is 0 Å². The van der Waals surface area contributed by atoms with Crippen LogP contribution in [0.25, 0.3) is 55.1 Å². The highest BCUT2D eigenvalue weighted by Gasteiger charge is 2.21. The fraction of sp³-hybridized carbons (Fsp3) is 0. The van der Waals surface area contributed by atoms with Crippen LogP contribution in [0.4, 0.5) is 0 Å². The van der Waals surface area contributed by atoms with Crippen LogP contribution in [0, 0.1) is 0 Å². The summed E-state index contributed by atoms with van der Waals surface area (Å²) in [5.41, 5.74) is 7.14. The first kappa shape index (κ1) is 18.0. The van der Waals surface area contributed by atoms with E-state index < -0.39 is 0 Å². The van der Waals surface area contributed by atoms with Crippen molar-refractivity contribution in [2.45, 2.75) is 0 Å². The lowest BCUT2D eigenvalue weighted by Crippen LogP contribution is -1.98. The monoisotopic (exact) mass is 425 g/mol. The molecule has 0 aliphatic rings. The minimum absolute atomic E-state index is 0.0228. The first-order valence-electron chi connectivity index (χ1n) is 11.0. The van der Waals surface area contributed by atoms with Gasteiger partial charge in [0.2, 0.25) is 0 Å². The van der Waals surface area contributed by atoms with Gasteiger partial charge in [0, 0.05) is 28.3 Å². The number of hydrogen-bond donors (Lipinski definition) is 1. The van der Waals surface area contributed by atoms with Gasteiger partial charge in [0.05, 0.1) is 33.0 Å². The maximum Gasteiger partial charge on any atom is 0.190 e. The quantitative estimate of drug-likeness (QED) is 0.334. The van der Waals surface area contributed by atoms with Crippen LogP contribution < -0.4 is 5.43 Å². The molecule has 3 aromatic heterocycles. The van der Waals surface area contributed by atoms with Crippen LogP contribution in [-0.2, 0) is 0 Å². The number of benzene rings is 4. The Morgan fingerprint density at radius 1 is 0.545 bits per heavy atom. The zero-order valence-electron chi connectivity index (χ0n) is 17.7. The predicted octanol–water partition coefficient (Wildman–Crippen LogP) is 6.57. The number of H-pyrrole nitrogens is 1. The molecule has 0 radical (unpaired) electrons. The van der Waals surface area contributed by atoms with Crippen molar-refractivity contribution in [3.8, 4) is 11.4 Å². The zero-order valence-corrected chi connectivity index (χ0v) is 17.7. The number of fused-ring (bicyclic) bond motifs is 7. The highest BCUT2D eigenvalue weighted by Crippen LogP contribution is 2.39. The molecule has 0 saturated carbocycles. The average Bonchev–Trinajstić information content (AvgIpc) is 3.38. The predicted molar refractivity (Wildman–Crippen MR) is 136 cm³/mol. The standard InChI is InChI=1S/C29H19N3O/c33-25-17-9-16-23-27(25)28-29(32(23)20-12-5-2-6-13-20)26-21-14-7-8-15-22(21)31(24(26)18-30-28)19-10-3-1-4-11-19/h1-18,30H. The fourth-order valence-electron chi connectivity index (χ4n) is 5.17. The summed E-state index contributed by atoms with van der Waals surface area (Å²) in [6.45, 7) is 0. The maximum absolute atomic E-state index is 13.0. The Balaban J connectivity index is 1.80. The van der Waals surface area contributed by atoms with Crippen LogP contribution in [0.1, 0.15) is 0 Å². The molecule has 0 atom stereocenters. The van der Waals surface area contributed by atoms with Crippen LogP contribution in [0.3, 0.4) is 0 Å². The van der Waals surface area contributed by atoms with Crippen LogP contribution in [0.5, 0.6) is 0 Å². The summed E-state index contributed by atoms with van der Waals surface area (Å²) < 4.78 is 4.50. The molecule has 0 spiro atoms. The average molecular weight is 425 g/mol. The summed E-state index contributed by atoms with van der Waals surface area (Å²) in [5.74, 6) is 0. The molecular formula is C29H19N3O. The van der Waals surface area contributed by atoms with Crippen molar-refractivity contribution in [2.24, 2.45) is 0 Å². The third kappa shape index (κ3) is 2.43. The number of nitrogens with one attached hydrogen (secondary N) is 1. The first-order chi connectivity index (χ1) is 16.3. The summed E-state index contributed by atoms with van der Waals surface area (Å²) in [6.07, 6.45) is 2.03. The van der Waals surface area contributed by atoms with E-state index >= 15 is 0 Å². The SMILES string of the molecule is O=c1cccc2c1c1[nH]cc3c(c4ccccc4n3-c3ccccc3)c1n2-c1ccccc1. The fourth-order valence-corrected chi connectivity index (χ4v) is 5.17. The van der Waals surface area contributed by atoms with Crippen molar-refractivity contribution in [2.75, 3.05) is 0 Å². The topological polar surface area (TPSA) is 42.7 Å². The molecule has 1 N–H and O–H groups in total. The Hall–Kier alpha value is -4.57. The molecule has 7 aromatic rings. The number of rotatable bonds is 2. The van der Waals surface area contributed by atoms with E-state index in [1.165, 1.54) is 0 Å². The maximum atomic E-state index is 13.0. The van der Waals surface area contributed by atoms with Crippen LogP contribution in [0.15, 0.2) is 114 Å². The summed E-state index contributed by atoms with van der Waals surface area (Å²) in [6, 6.07) is 34.6. The molecule has 0 aliphatic heterocycles. The molecule has 7 rings (SSSR count). The van der Waals surface area contributed by atoms with Gasteiger partial charge in [-0.2, -0.15) is 0 Å². The third-order valence-corrected chi connectivity index (χ3v) is 6.49. The van der Waals surface area contributed by atoms with Crippen molar-refractivity contribution in [1.82, 2.24) is 14.1 Å². The Morgan fingerprint density at radius 2 is 1.18 bits per heavy atom. The van der Waals surface area contributed by atoms with Gasteiger partial charge in [-0.1, -0.05) is 60.7 Å². The lowest BCUT2D eigenvalue weighted by molar-refractivity contribution is 1.16. The van der Waals surface area contributed by atoms with Crippen molar-refractivity contribution in [3.63, 3.8) is 0 Å². The van der Waals surface area contributed by atoms with E-state index in [-0.39, 0.29) is 5.43 Å². The molecule has 33 heavy (non-hydrogen) atoms. The van der Waals surface area contributed by atoms with E-state index in [9.17, 15) is 4.79 Å². The molecule has 4 heteroatoms. The number of para-hydroxylation sites is 3. The number of aromatic nitrogens is 3. The number of aromatic amines is 1. The molecule has 156 valence electrons. The Bertz CT molecular complexity index is 1870. The van der Waals surface area contributed by atoms with Crippen molar-refractivity contribution >= 4 is 43.7 Å². The molecular weight excluding hydrogens is 406 g/mol. The van der Waals surface area contributed by atoms with Gasteiger partial charge < -0.3 is 14.1 Å². The second-order valence-corrected chi connectivity index (χ2v) is 8.28. The molecule has 0 bridgehead atoms. The molecule has 4 aromatic carbocycles. The second-order valence-electron chi connectivity index (χ2n) is 8.28. The van der Waals surface area contributed by atoms with Crippen molar-refractivity contribution in [1.29, 1.82) is 0 Å². The van der Waals surface area contributed by atoms with Gasteiger partial charge in [-0.3, -0.25) is 4.79 Å². The Morgan fingerprint density at radius 3 is 1.94 bits per heavy atom. The molecule has 0 fully saturated rings. The van der Waals surface area contributed by atoms with Gasteiger partial charge in [-0.05, 0) is 42.5 Å². The van der Waals surface area contributed by atoms with E-state index in [2.05, 4.69) is 74.8 Å². The van der Waals surface area contributed by atoms with E-state index in [0.717, 1.165) is 55.1 Å².